The molecule has 2 rings (SSSR count). The maximum atomic E-state index is 13.2. The molecule has 0 radical (unpaired) electrons. The Balaban J connectivity index is 2.27. The van der Waals surface area contributed by atoms with Crippen LogP contribution in [0.5, 0.6) is 0 Å². The van der Waals surface area contributed by atoms with Crippen LogP contribution < -0.4 is 4.57 Å². The summed E-state index contributed by atoms with van der Waals surface area (Å²) in [4.78, 5) is 0. The van der Waals surface area contributed by atoms with Crippen molar-refractivity contribution < 1.29 is 21.9 Å². The van der Waals surface area contributed by atoms with Crippen LogP contribution in [-0.2, 0) is 16.7 Å². The predicted octanol–water partition coefficient (Wildman–Crippen LogP) is 1.57. The topological polar surface area (TPSA) is 61.1 Å². The smallest absolute Gasteiger partial charge is 0.235 e. The average Bonchev–Trinajstić information content (AvgIpc) is 2.54. The van der Waals surface area contributed by atoms with Gasteiger partial charge in [0.2, 0.25) is 10.5 Å². The van der Waals surface area contributed by atoms with E-state index in [9.17, 15) is 17.4 Å². The maximum absolute atomic E-state index is 13.2. The lowest BCUT2D eigenvalue weighted by molar-refractivity contribution is -0.672. The number of hydrogen-bond acceptors (Lipinski definition) is 4. The highest BCUT2D eigenvalue weighted by Crippen LogP contribution is 2.20. The van der Waals surface area contributed by atoms with Crippen LogP contribution >= 0.6 is 11.3 Å². The van der Waals surface area contributed by atoms with Crippen LogP contribution in [-0.4, -0.2) is 18.7 Å². The van der Waals surface area contributed by atoms with Gasteiger partial charge in [-0.3, -0.25) is 0 Å². The fourth-order valence-electron chi connectivity index (χ4n) is 1.85. The minimum atomic E-state index is -4.19. The molecular formula is C11H12FNO3S2. The van der Waals surface area contributed by atoms with Gasteiger partial charge in [0.25, 0.3) is 0 Å². The van der Waals surface area contributed by atoms with Crippen molar-refractivity contribution in [1.29, 1.82) is 0 Å². The lowest BCUT2D eigenvalue weighted by Gasteiger charge is -2.04. The number of aryl methyl sites for hydroxylation is 2. The zero-order valence-electron chi connectivity index (χ0n) is 9.72. The largest absolute Gasteiger partial charge is 0.748 e. The van der Waals surface area contributed by atoms with Crippen LogP contribution in [0.3, 0.4) is 0 Å². The molecule has 98 valence electrons. The van der Waals surface area contributed by atoms with Gasteiger partial charge in [0.15, 0.2) is 6.54 Å². The second kappa shape index (κ2) is 4.91. The van der Waals surface area contributed by atoms with Crippen LogP contribution in [0.15, 0.2) is 18.2 Å². The Morgan fingerprint density at radius 1 is 1.44 bits per heavy atom. The first-order valence-corrected chi connectivity index (χ1v) is 7.78. The van der Waals surface area contributed by atoms with E-state index in [1.807, 2.05) is 11.5 Å². The molecule has 0 aliphatic heterocycles. The van der Waals surface area contributed by atoms with Gasteiger partial charge >= 0.3 is 0 Å². The zero-order valence-corrected chi connectivity index (χ0v) is 11.4. The lowest BCUT2D eigenvalue weighted by Crippen LogP contribution is -2.35. The van der Waals surface area contributed by atoms with Crippen molar-refractivity contribution in [3.05, 3.63) is 29.0 Å². The molecule has 0 saturated heterocycles. The van der Waals surface area contributed by atoms with Crippen molar-refractivity contribution in [3.63, 3.8) is 0 Å². The summed E-state index contributed by atoms with van der Waals surface area (Å²) in [7, 11) is -4.19. The van der Waals surface area contributed by atoms with E-state index in [0.717, 1.165) is 15.2 Å². The number of rotatable bonds is 4. The monoisotopic (exact) mass is 289 g/mol. The Hall–Kier alpha value is -1.05. The molecule has 0 spiro atoms. The molecule has 0 atom stereocenters. The Bertz CT molecular complexity index is 679. The summed E-state index contributed by atoms with van der Waals surface area (Å²) in [6, 6.07) is 4.51. The molecule has 1 aromatic carbocycles. The van der Waals surface area contributed by atoms with E-state index in [4.69, 9.17) is 0 Å². The number of hydrogen-bond donors (Lipinski definition) is 0. The van der Waals surface area contributed by atoms with Gasteiger partial charge in [0.05, 0.1) is 10.1 Å². The van der Waals surface area contributed by atoms with Crippen LogP contribution in [0, 0.1) is 12.7 Å². The number of benzene rings is 1. The van der Waals surface area contributed by atoms with E-state index >= 15 is 0 Å². The first kappa shape index (κ1) is 13.4. The summed E-state index contributed by atoms with van der Waals surface area (Å²) in [5, 5.41) is 0.957. The van der Waals surface area contributed by atoms with E-state index in [1.54, 1.807) is 6.07 Å². The fourth-order valence-corrected chi connectivity index (χ4v) is 3.36. The molecular weight excluding hydrogens is 277 g/mol. The normalized spacial score (nSPS) is 12.2. The number of aromatic nitrogens is 1. The molecule has 0 saturated carbocycles. The van der Waals surface area contributed by atoms with E-state index < -0.39 is 15.9 Å². The Kier molecular flexibility index (Phi) is 3.65. The van der Waals surface area contributed by atoms with Crippen molar-refractivity contribution in [3.8, 4) is 0 Å². The summed E-state index contributed by atoms with van der Waals surface area (Å²) >= 11 is 1.51. The molecule has 18 heavy (non-hydrogen) atoms. The summed E-state index contributed by atoms with van der Waals surface area (Å²) in [6.07, 6.45) is 0.236. The van der Waals surface area contributed by atoms with Gasteiger partial charge in [-0.15, -0.1) is 0 Å². The van der Waals surface area contributed by atoms with E-state index in [1.165, 1.54) is 23.5 Å². The molecule has 1 heterocycles. The van der Waals surface area contributed by atoms with Crippen LogP contribution in [0.25, 0.3) is 10.2 Å². The Labute approximate surface area is 108 Å². The quantitative estimate of drug-likeness (QED) is 0.634. The Morgan fingerprint density at radius 3 is 2.83 bits per heavy atom. The molecule has 0 N–H and O–H groups in total. The van der Waals surface area contributed by atoms with Crippen LogP contribution in [0.2, 0.25) is 0 Å². The minimum absolute atomic E-state index is 0.236. The third-order valence-corrected chi connectivity index (χ3v) is 4.50. The van der Waals surface area contributed by atoms with Crippen molar-refractivity contribution in [1.82, 2.24) is 0 Å². The number of halogens is 1. The number of nitrogens with zero attached hydrogens (tertiary/aromatic N) is 1. The van der Waals surface area contributed by atoms with E-state index in [2.05, 4.69) is 0 Å². The Morgan fingerprint density at radius 2 is 2.17 bits per heavy atom. The van der Waals surface area contributed by atoms with Gasteiger partial charge in [0, 0.05) is 25.2 Å². The molecule has 0 fully saturated rings. The van der Waals surface area contributed by atoms with Gasteiger partial charge < -0.3 is 4.55 Å². The minimum Gasteiger partial charge on any atom is -0.748 e. The van der Waals surface area contributed by atoms with Gasteiger partial charge in [-0.2, -0.15) is 4.57 Å². The molecule has 4 nitrogen and oxygen atoms in total. The van der Waals surface area contributed by atoms with Crippen molar-refractivity contribution in [2.45, 2.75) is 19.9 Å². The molecule has 0 unspecified atom stereocenters. The average molecular weight is 289 g/mol. The molecule has 0 aliphatic carbocycles. The first-order valence-electron chi connectivity index (χ1n) is 5.39. The highest BCUT2D eigenvalue weighted by molar-refractivity contribution is 7.85. The lowest BCUT2D eigenvalue weighted by atomic mass is 10.3. The van der Waals surface area contributed by atoms with Crippen molar-refractivity contribution in [2.24, 2.45) is 0 Å². The standard InChI is InChI=1S/C11H12FNO3S2/c1-8-13(5-2-6-18(14,15)16)10-7-9(12)3-4-11(10)17-8/h3-4,7H,2,5-6H2,1H3. The summed E-state index contributed by atoms with van der Waals surface area (Å²) in [5.41, 5.74) is 0.737. The number of thiazole rings is 1. The third-order valence-electron chi connectivity index (χ3n) is 2.63. The van der Waals surface area contributed by atoms with Gasteiger partial charge in [-0.25, -0.2) is 12.8 Å². The number of fused-ring (bicyclic) bond motifs is 1. The van der Waals surface area contributed by atoms with Crippen LogP contribution in [0.1, 0.15) is 11.4 Å². The summed E-state index contributed by atoms with van der Waals surface area (Å²) < 4.78 is 47.6. The molecule has 7 heteroatoms. The highest BCUT2D eigenvalue weighted by Gasteiger charge is 2.17. The molecule has 0 amide bonds. The second-order valence-corrected chi connectivity index (χ2v) is 6.76. The summed E-state index contributed by atoms with van der Waals surface area (Å²) in [5.74, 6) is -0.725. The third kappa shape index (κ3) is 3.04. The molecule has 0 bridgehead atoms. The zero-order chi connectivity index (χ0) is 13.3. The SMILES string of the molecule is Cc1sc2ccc(F)cc2[n+]1CCCS(=O)(=O)[O-]. The first-order chi connectivity index (χ1) is 8.37. The van der Waals surface area contributed by atoms with E-state index in [-0.39, 0.29) is 12.2 Å². The summed E-state index contributed by atoms with van der Waals surface area (Å²) in [6.45, 7) is 2.28. The molecule has 0 aliphatic rings. The van der Waals surface area contributed by atoms with Gasteiger partial charge in [0.1, 0.15) is 10.5 Å². The van der Waals surface area contributed by atoms with Crippen molar-refractivity contribution in [2.75, 3.05) is 5.75 Å². The highest BCUT2D eigenvalue weighted by atomic mass is 32.2. The van der Waals surface area contributed by atoms with Gasteiger partial charge in [-0.1, -0.05) is 11.3 Å². The molecule has 2 aromatic rings. The molecule has 1 aromatic heterocycles. The second-order valence-electron chi connectivity index (χ2n) is 4.00. The van der Waals surface area contributed by atoms with Crippen LogP contribution in [0.4, 0.5) is 4.39 Å². The van der Waals surface area contributed by atoms with E-state index in [0.29, 0.717) is 6.54 Å². The maximum Gasteiger partial charge on any atom is 0.235 e. The van der Waals surface area contributed by atoms with Gasteiger partial charge in [-0.05, 0) is 12.1 Å². The fraction of sp³-hybridized carbons (Fsp3) is 0.364. The van der Waals surface area contributed by atoms with Crippen molar-refractivity contribution >= 4 is 31.7 Å². The predicted molar refractivity (Wildman–Crippen MR) is 65.9 cm³/mol.